The van der Waals surface area contributed by atoms with Crippen LogP contribution in [0, 0.1) is 0 Å². The van der Waals surface area contributed by atoms with Crippen molar-refractivity contribution >= 4 is 0 Å². The third kappa shape index (κ3) is 3.07. The van der Waals surface area contributed by atoms with Crippen molar-refractivity contribution in [1.82, 2.24) is 10.1 Å². The Balaban J connectivity index is 2.15. The summed E-state index contributed by atoms with van der Waals surface area (Å²) in [7, 11) is 0. The fourth-order valence-electron chi connectivity index (χ4n) is 1.45. The van der Waals surface area contributed by atoms with Gasteiger partial charge in [-0.3, -0.25) is 0 Å². The molecule has 4 nitrogen and oxygen atoms in total. The van der Waals surface area contributed by atoms with Crippen LogP contribution in [0.4, 0.5) is 13.2 Å². The van der Waals surface area contributed by atoms with E-state index >= 15 is 0 Å². The van der Waals surface area contributed by atoms with E-state index in [1.807, 2.05) is 0 Å². The van der Waals surface area contributed by atoms with E-state index in [0.717, 1.165) is 0 Å². The molecule has 1 aromatic carbocycles. The van der Waals surface area contributed by atoms with Crippen molar-refractivity contribution in [2.24, 2.45) is 5.73 Å². The molecule has 0 aliphatic rings. The number of nitrogens with two attached hydrogens (primary N) is 1. The Morgan fingerprint density at radius 1 is 1.22 bits per heavy atom. The lowest BCUT2D eigenvalue weighted by Gasteiger charge is -2.05. The van der Waals surface area contributed by atoms with Crippen LogP contribution in [0.15, 0.2) is 34.9 Å². The average Bonchev–Trinajstić information content (AvgIpc) is 2.75. The summed E-state index contributed by atoms with van der Waals surface area (Å²) in [5, 5.41) is 3.26. The Bertz CT molecular complexity index is 510. The molecule has 0 saturated heterocycles. The zero-order valence-corrected chi connectivity index (χ0v) is 9.19. The molecule has 0 spiro atoms. The van der Waals surface area contributed by atoms with Crippen molar-refractivity contribution in [1.29, 1.82) is 0 Å². The number of benzene rings is 1. The Morgan fingerprint density at radius 3 is 2.50 bits per heavy atom. The van der Waals surface area contributed by atoms with Crippen molar-refractivity contribution in [3.05, 3.63) is 47.6 Å². The summed E-state index contributed by atoms with van der Waals surface area (Å²) < 4.78 is 41.1. The van der Waals surface area contributed by atoms with Gasteiger partial charge in [0.25, 0.3) is 0 Å². The van der Waals surface area contributed by atoms with Gasteiger partial charge in [-0.25, -0.2) is 0 Å². The van der Waals surface area contributed by atoms with Gasteiger partial charge in [-0.15, -0.1) is 0 Å². The third-order valence-electron chi connectivity index (χ3n) is 2.27. The van der Waals surface area contributed by atoms with Crippen LogP contribution in [-0.4, -0.2) is 16.3 Å². The van der Waals surface area contributed by atoms with Gasteiger partial charge in [0.1, 0.15) is 12.5 Å². The van der Waals surface area contributed by atoms with Gasteiger partial charge >= 0.3 is 6.18 Å². The molecule has 7 heteroatoms. The van der Waals surface area contributed by atoms with E-state index in [2.05, 4.69) is 10.1 Å². The molecule has 2 rings (SSSR count). The standard InChI is InChI=1S/C11H10F3N3O/c12-11(13,14)6-8-16-10(18-17-8)9(15)7-4-2-1-3-5-7/h1-5,9H,6,15H2/t9-/m0/s1. The van der Waals surface area contributed by atoms with Crippen molar-refractivity contribution < 1.29 is 17.7 Å². The van der Waals surface area contributed by atoms with Gasteiger partial charge in [0, 0.05) is 0 Å². The molecule has 0 saturated carbocycles. The number of hydrogen-bond donors (Lipinski definition) is 1. The smallest absolute Gasteiger partial charge is 0.337 e. The summed E-state index contributed by atoms with van der Waals surface area (Å²) in [6.45, 7) is 0. The molecule has 1 atom stereocenters. The maximum atomic E-state index is 12.1. The molecule has 2 N–H and O–H groups in total. The molecular weight excluding hydrogens is 247 g/mol. The number of halogens is 3. The normalized spacial score (nSPS) is 13.6. The first-order valence-corrected chi connectivity index (χ1v) is 5.15. The van der Waals surface area contributed by atoms with Crippen LogP contribution in [0.3, 0.4) is 0 Å². The minimum Gasteiger partial charge on any atom is -0.337 e. The predicted molar refractivity (Wildman–Crippen MR) is 56.5 cm³/mol. The lowest BCUT2D eigenvalue weighted by molar-refractivity contribution is -0.128. The molecular formula is C11H10F3N3O. The second-order valence-electron chi connectivity index (χ2n) is 3.73. The molecule has 2 aromatic rings. The SMILES string of the molecule is N[C@@H](c1ccccc1)c1nc(CC(F)(F)F)no1. The molecule has 0 radical (unpaired) electrons. The molecule has 0 unspecified atom stereocenters. The van der Waals surface area contributed by atoms with Crippen molar-refractivity contribution in [3.63, 3.8) is 0 Å². The van der Waals surface area contributed by atoms with Gasteiger partial charge in [-0.05, 0) is 5.56 Å². The summed E-state index contributed by atoms with van der Waals surface area (Å²) in [4.78, 5) is 3.65. The first kappa shape index (κ1) is 12.6. The largest absolute Gasteiger partial charge is 0.396 e. The molecule has 0 bridgehead atoms. The Morgan fingerprint density at radius 2 is 1.89 bits per heavy atom. The van der Waals surface area contributed by atoms with Crippen LogP contribution in [0.2, 0.25) is 0 Å². The van der Waals surface area contributed by atoms with Gasteiger partial charge in [0.05, 0.1) is 0 Å². The fourth-order valence-corrected chi connectivity index (χ4v) is 1.45. The maximum absolute atomic E-state index is 12.1. The molecule has 0 amide bonds. The van der Waals surface area contributed by atoms with Gasteiger partial charge in [-0.1, -0.05) is 35.5 Å². The molecule has 1 aromatic heterocycles. The van der Waals surface area contributed by atoms with Gasteiger partial charge < -0.3 is 10.3 Å². The number of nitrogens with zero attached hydrogens (tertiary/aromatic N) is 2. The fraction of sp³-hybridized carbons (Fsp3) is 0.273. The highest BCUT2D eigenvalue weighted by atomic mass is 19.4. The van der Waals surface area contributed by atoms with Crippen molar-refractivity contribution in [2.45, 2.75) is 18.6 Å². The van der Waals surface area contributed by atoms with Gasteiger partial charge in [0.2, 0.25) is 5.89 Å². The molecule has 0 aliphatic heterocycles. The molecule has 1 heterocycles. The van der Waals surface area contributed by atoms with Crippen molar-refractivity contribution in [2.75, 3.05) is 0 Å². The summed E-state index contributed by atoms with van der Waals surface area (Å²) in [5.74, 6) is -0.440. The van der Waals surface area contributed by atoms with Crippen LogP contribution in [-0.2, 0) is 6.42 Å². The highest BCUT2D eigenvalue weighted by Gasteiger charge is 2.31. The second kappa shape index (κ2) is 4.77. The zero-order chi connectivity index (χ0) is 13.2. The summed E-state index contributed by atoms with van der Waals surface area (Å²) in [6.07, 6.45) is -5.59. The number of aromatic nitrogens is 2. The lowest BCUT2D eigenvalue weighted by atomic mass is 10.1. The Hall–Kier alpha value is -1.89. The molecule has 0 fully saturated rings. The molecule has 0 aliphatic carbocycles. The van der Waals surface area contributed by atoms with E-state index in [4.69, 9.17) is 10.3 Å². The van der Waals surface area contributed by atoms with Crippen LogP contribution < -0.4 is 5.73 Å². The molecule has 18 heavy (non-hydrogen) atoms. The average molecular weight is 257 g/mol. The third-order valence-corrected chi connectivity index (χ3v) is 2.27. The summed E-state index contributed by atoms with van der Waals surface area (Å²) in [5.41, 5.74) is 6.51. The van der Waals surface area contributed by atoms with Crippen LogP contribution in [0.5, 0.6) is 0 Å². The second-order valence-corrected chi connectivity index (χ2v) is 3.73. The van der Waals surface area contributed by atoms with Crippen molar-refractivity contribution in [3.8, 4) is 0 Å². The van der Waals surface area contributed by atoms with E-state index in [-0.39, 0.29) is 5.89 Å². The van der Waals surface area contributed by atoms with Crippen LogP contribution in [0.1, 0.15) is 23.3 Å². The summed E-state index contributed by atoms with van der Waals surface area (Å²) in [6, 6.07) is 8.08. The Labute approximate surface area is 101 Å². The quantitative estimate of drug-likeness (QED) is 0.915. The maximum Gasteiger partial charge on any atom is 0.396 e. The Kier molecular flexibility index (Phi) is 3.33. The molecule has 96 valence electrons. The topological polar surface area (TPSA) is 64.9 Å². The van der Waals surface area contributed by atoms with Gasteiger partial charge in [0.15, 0.2) is 5.82 Å². The number of alkyl halides is 3. The van der Waals surface area contributed by atoms with E-state index < -0.39 is 24.5 Å². The monoisotopic (exact) mass is 257 g/mol. The first-order chi connectivity index (χ1) is 8.46. The summed E-state index contributed by atoms with van der Waals surface area (Å²) >= 11 is 0. The van der Waals surface area contributed by atoms with E-state index in [0.29, 0.717) is 5.56 Å². The van der Waals surface area contributed by atoms with Gasteiger partial charge in [-0.2, -0.15) is 18.2 Å². The number of hydrogen-bond acceptors (Lipinski definition) is 4. The highest BCUT2D eigenvalue weighted by molar-refractivity contribution is 5.22. The van der Waals surface area contributed by atoms with Crippen LogP contribution >= 0.6 is 0 Å². The minimum atomic E-state index is -4.36. The minimum absolute atomic E-state index is 0.0274. The lowest BCUT2D eigenvalue weighted by Crippen LogP contribution is -2.14. The van der Waals surface area contributed by atoms with Crippen LogP contribution in [0.25, 0.3) is 0 Å². The predicted octanol–water partition coefficient (Wildman–Crippen LogP) is 2.22. The van der Waals surface area contributed by atoms with E-state index in [1.165, 1.54) is 0 Å². The van der Waals surface area contributed by atoms with E-state index in [9.17, 15) is 13.2 Å². The van der Waals surface area contributed by atoms with E-state index in [1.54, 1.807) is 30.3 Å². The highest BCUT2D eigenvalue weighted by Crippen LogP contribution is 2.22. The zero-order valence-electron chi connectivity index (χ0n) is 9.19. The number of rotatable bonds is 3. The first-order valence-electron chi connectivity index (χ1n) is 5.15.